The molecule has 1 aromatic carbocycles. The number of hydrogen-bond donors (Lipinski definition) is 0. The number of thioether (sulfide) groups is 1. The van der Waals surface area contributed by atoms with Gasteiger partial charge in [0, 0.05) is 24.1 Å². The predicted molar refractivity (Wildman–Crippen MR) is 119 cm³/mol. The number of methoxy groups -OCH3 is 2. The van der Waals surface area contributed by atoms with Crippen LogP contribution in [0.15, 0.2) is 33.9 Å². The third-order valence-corrected chi connectivity index (χ3v) is 9.69. The second-order valence-electron chi connectivity index (χ2n) is 9.85. The molecule has 32 heavy (non-hydrogen) atoms. The van der Waals surface area contributed by atoms with Crippen molar-refractivity contribution < 1.29 is 18.6 Å². The van der Waals surface area contributed by atoms with Crippen molar-refractivity contribution in [1.29, 1.82) is 0 Å². The lowest BCUT2D eigenvalue weighted by molar-refractivity contribution is -0.200. The Balaban J connectivity index is 1.52. The minimum atomic E-state index is -0.678. The van der Waals surface area contributed by atoms with Crippen molar-refractivity contribution >= 4 is 11.8 Å². The van der Waals surface area contributed by atoms with Crippen LogP contribution in [-0.4, -0.2) is 66.9 Å². The number of fused-ring (bicyclic) bond motifs is 1. The summed E-state index contributed by atoms with van der Waals surface area (Å²) < 4.78 is 25.2. The summed E-state index contributed by atoms with van der Waals surface area (Å²) in [4.78, 5) is 2.54. The molecule has 4 aliphatic carbocycles. The van der Waals surface area contributed by atoms with Gasteiger partial charge in [0.25, 0.3) is 5.22 Å². The highest BCUT2D eigenvalue weighted by molar-refractivity contribution is 7.98. The van der Waals surface area contributed by atoms with Gasteiger partial charge in [0.15, 0.2) is 11.5 Å². The molecule has 0 radical (unpaired) electrons. The van der Waals surface area contributed by atoms with Crippen molar-refractivity contribution in [2.45, 2.75) is 53.6 Å². The Morgan fingerprint density at radius 3 is 2.84 bits per heavy atom. The molecule has 3 heterocycles. The highest BCUT2D eigenvalue weighted by Gasteiger charge is 2.79. The Morgan fingerprint density at radius 2 is 2.09 bits per heavy atom. The third-order valence-electron chi connectivity index (χ3n) is 9.17. The molecule has 1 saturated heterocycles. The fourth-order valence-corrected chi connectivity index (χ4v) is 8.22. The molecule has 6 atom stereocenters. The molecular formula is C24H27N3O4S. The molecule has 2 fully saturated rings. The van der Waals surface area contributed by atoms with Crippen LogP contribution in [0, 0.1) is 5.41 Å². The molecule has 4 bridgehead atoms. The van der Waals surface area contributed by atoms with Crippen molar-refractivity contribution in [3.8, 4) is 11.5 Å². The van der Waals surface area contributed by atoms with Gasteiger partial charge in [0.2, 0.25) is 5.89 Å². The average molecular weight is 454 g/mol. The molecule has 2 aliphatic heterocycles. The smallest absolute Gasteiger partial charge is 0.276 e. The van der Waals surface area contributed by atoms with Gasteiger partial charge in [-0.05, 0) is 50.7 Å². The summed E-state index contributed by atoms with van der Waals surface area (Å²) in [5.74, 6) is 2.29. The maximum absolute atomic E-state index is 6.93. The van der Waals surface area contributed by atoms with Crippen molar-refractivity contribution in [2.75, 3.05) is 34.1 Å². The zero-order valence-corrected chi connectivity index (χ0v) is 19.6. The Kier molecular flexibility index (Phi) is 3.70. The lowest BCUT2D eigenvalue weighted by Crippen LogP contribution is -2.78. The third kappa shape index (κ3) is 1.88. The Hall–Kier alpha value is -2.03. The Labute approximate surface area is 191 Å². The summed E-state index contributed by atoms with van der Waals surface area (Å²) in [5, 5.41) is 9.31. The normalized spacial score (nSPS) is 40.3. The van der Waals surface area contributed by atoms with Gasteiger partial charge >= 0.3 is 0 Å². The minimum absolute atomic E-state index is 0.0696. The zero-order chi connectivity index (χ0) is 21.9. The van der Waals surface area contributed by atoms with Crippen LogP contribution in [0.1, 0.15) is 35.8 Å². The summed E-state index contributed by atoms with van der Waals surface area (Å²) in [7, 11) is 5.78. The number of nitrogens with zero attached hydrogens (tertiary/aromatic N) is 3. The van der Waals surface area contributed by atoms with Gasteiger partial charge in [-0.15, -0.1) is 10.2 Å². The van der Waals surface area contributed by atoms with Crippen molar-refractivity contribution in [3.63, 3.8) is 0 Å². The minimum Gasteiger partial charge on any atom is -0.493 e. The maximum Gasteiger partial charge on any atom is 0.276 e. The van der Waals surface area contributed by atoms with E-state index >= 15 is 0 Å². The van der Waals surface area contributed by atoms with E-state index < -0.39 is 5.60 Å². The number of aromatic nitrogens is 2. The zero-order valence-electron chi connectivity index (χ0n) is 18.8. The van der Waals surface area contributed by atoms with Crippen LogP contribution in [0.25, 0.3) is 0 Å². The van der Waals surface area contributed by atoms with Gasteiger partial charge in [-0.2, -0.15) is 0 Å². The van der Waals surface area contributed by atoms with E-state index in [1.54, 1.807) is 14.2 Å². The number of ether oxygens (including phenoxy) is 3. The topological polar surface area (TPSA) is 69.8 Å². The van der Waals surface area contributed by atoms with E-state index in [0.29, 0.717) is 17.2 Å². The lowest BCUT2D eigenvalue weighted by atomic mass is 9.37. The standard InChI is InChI=1S/C24H27N3O4S/c1-27-10-9-23-17-13-5-6-15(28-2)18(17)30-20(23)24(29-3)8-7-22(23,16(27)11-13)12-14(24)19-25-26-21(31-19)32-4/h5-8,14,16,20H,9-12H2,1-4H3/t14-,16-,20-,22-,23+,24-/m1/s1. The lowest BCUT2D eigenvalue weighted by Gasteiger charge is -2.70. The van der Waals surface area contributed by atoms with Crippen LogP contribution < -0.4 is 9.47 Å². The Morgan fingerprint density at radius 1 is 1.22 bits per heavy atom. The van der Waals surface area contributed by atoms with Gasteiger partial charge in [0.05, 0.1) is 18.4 Å². The van der Waals surface area contributed by atoms with Gasteiger partial charge in [-0.3, -0.25) is 0 Å². The molecule has 168 valence electrons. The summed E-state index contributed by atoms with van der Waals surface area (Å²) >= 11 is 1.47. The summed E-state index contributed by atoms with van der Waals surface area (Å²) in [6.45, 7) is 1.04. The molecule has 8 rings (SSSR count). The molecule has 1 aromatic heterocycles. The van der Waals surface area contributed by atoms with E-state index in [-0.39, 0.29) is 22.9 Å². The van der Waals surface area contributed by atoms with E-state index in [2.05, 4.69) is 46.4 Å². The first-order valence-corrected chi connectivity index (χ1v) is 12.5. The van der Waals surface area contributed by atoms with E-state index in [9.17, 15) is 0 Å². The van der Waals surface area contributed by atoms with Gasteiger partial charge in [-0.25, -0.2) is 0 Å². The van der Waals surface area contributed by atoms with Crippen molar-refractivity contribution in [2.24, 2.45) is 5.41 Å². The van der Waals surface area contributed by atoms with Crippen LogP contribution in [0.2, 0.25) is 0 Å². The predicted octanol–water partition coefficient (Wildman–Crippen LogP) is 3.19. The van der Waals surface area contributed by atoms with Crippen molar-refractivity contribution in [1.82, 2.24) is 15.1 Å². The van der Waals surface area contributed by atoms with E-state index in [0.717, 1.165) is 37.3 Å². The molecule has 0 N–H and O–H groups in total. The molecule has 2 aromatic rings. The first-order chi connectivity index (χ1) is 15.5. The number of piperidine rings is 1. The summed E-state index contributed by atoms with van der Waals surface area (Å²) in [6, 6.07) is 4.69. The number of benzene rings is 1. The van der Waals surface area contributed by atoms with Crippen LogP contribution in [0.3, 0.4) is 0 Å². The molecule has 8 heteroatoms. The summed E-state index contributed by atoms with van der Waals surface area (Å²) in [6.07, 6.45) is 9.42. The number of rotatable bonds is 4. The molecule has 0 amide bonds. The van der Waals surface area contributed by atoms with Crippen LogP contribution >= 0.6 is 11.8 Å². The molecular weight excluding hydrogens is 426 g/mol. The van der Waals surface area contributed by atoms with Crippen LogP contribution in [0.4, 0.5) is 0 Å². The number of hydrogen-bond acceptors (Lipinski definition) is 8. The largest absolute Gasteiger partial charge is 0.493 e. The molecule has 0 unspecified atom stereocenters. The molecule has 2 spiro atoms. The quantitative estimate of drug-likeness (QED) is 0.517. The van der Waals surface area contributed by atoms with E-state index in [1.165, 1.54) is 22.9 Å². The SMILES string of the molecule is COc1ccc2c3c1O[C@H]1[C@@]4(OC)C=C[C@@]5(C[C@@H]4c4nnc(SC)o4)[C@@H](C2)N(C)CC[C@]315. The Bertz CT molecular complexity index is 1170. The van der Waals surface area contributed by atoms with Crippen molar-refractivity contribution in [3.05, 3.63) is 41.3 Å². The first kappa shape index (κ1) is 19.4. The first-order valence-electron chi connectivity index (χ1n) is 11.2. The maximum atomic E-state index is 6.93. The number of likely N-dealkylation sites (N-methyl/N-ethyl adjacent to an activating group) is 1. The molecule has 1 saturated carbocycles. The van der Waals surface area contributed by atoms with E-state index in [1.807, 2.05) is 6.26 Å². The van der Waals surface area contributed by atoms with E-state index in [4.69, 9.17) is 18.6 Å². The van der Waals surface area contributed by atoms with Gasteiger partial charge < -0.3 is 23.5 Å². The highest BCUT2D eigenvalue weighted by atomic mass is 32.2. The summed E-state index contributed by atoms with van der Waals surface area (Å²) in [5.41, 5.74) is 1.82. The molecule has 6 aliphatic rings. The van der Waals surface area contributed by atoms with Crippen LogP contribution in [0.5, 0.6) is 11.5 Å². The number of likely N-dealkylation sites (tertiary alicyclic amines) is 1. The van der Waals surface area contributed by atoms with Gasteiger partial charge in [-0.1, -0.05) is 30.0 Å². The van der Waals surface area contributed by atoms with Gasteiger partial charge in [0.1, 0.15) is 11.7 Å². The fourth-order valence-electron chi connectivity index (χ4n) is 7.93. The fraction of sp³-hybridized carbons (Fsp3) is 0.583. The second-order valence-corrected chi connectivity index (χ2v) is 10.6. The second kappa shape index (κ2) is 6.10. The van der Waals surface area contributed by atoms with Crippen LogP contribution in [-0.2, 0) is 16.6 Å². The average Bonchev–Trinajstić information content (AvgIpc) is 3.44. The monoisotopic (exact) mass is 453 g/mol. The highest BCUT2D eigenvalue weighted by Crippen LogP contribution is 2.75. The molecule has 7 nitrogen and oxygen atoms in total.